The van der Waals surface area contributed by atoms with E-state index in [0.717, 1.165) is 25.4 Å². The van der Waals surface area contributed by atoms with Crippen LogP contribution in [0, 0.1) is 0 Å². The van der Waals surface area contributed by atoms with Gasteiger partial charge in [0.05, 0.1) is 10.7 Å². The molecule has 0 amide bonds. The summed E-state index contributed by atoms with van der Waals surface area (Å²) in [4.78, 5) is 6.38. The van der Waals surface area contributed by atoms with Gasteiger partial charge in [0.25, 0.3) is 0 Å². The Labute approximate surface area is 125 Å². The molecule has 1 aliphatic carbocycles. The Morgan fingerprint density at radius 1 is 1.20 bits per heavy atom. The predicted octanol–water partition coefficient (Wildman–Crippen LogP) is 4.23. The Hall–Kier alpha value is -1.19. The van der Waals surface area contributed by atoms with Gasteiger partial charge in [-0.1, -0.05) is 37.3 Å². The molecule has 0 atom stereocenters. The molecular formula is C17H22N2S. The van der Waals surface area contributed by atoms with Crippen LogP contribution in [0.5, 0.6) is 0 Å². The zero-order valence-corrected chi connectivity index (χ0v) is 12.9. The lowest BCUT2D eigenvalue weighted by atomic mass is 10.1. The number of aromatic nitrogens is 1. The van der Waals surface area contributed by atoms with E-state index in [4.69, 9.17) is 4.98 Å². The third-order valence-corrected chi connectivity index (χ3v) is 4.92. The van der Waals surface area contributed by atoms with Gasteiger partial charge in [-0.3, -0.25) is 0 Å². The second kappa shape index (κ2) is 6.51. The Kier molecular flexibility index (Phi) is 4.48. The first kappa shape index (κ1) is 13.8. The third-order valence-electron chi connectivity index (χ3n) is 3.64. The molecule has 0 unspecified atom stereocenters. The van der Waals surface area contributed by atoms with Crippen molar-refractivity contribution in [3.05, 3.63) is 40.2 Å². The number of hydrogen-bond donors (Lipinski definition) is 1. The van der Waals surface area contributed by atoms with Crippen molar-refractivity contribution in [2.24, 2.45) is 0 Å². The monoisotopic (exact) mass is 286 g/mol. The minimum absolute atomic E-state index is 0.750. The van der Waals surface area contributed by atoms with Gasteiger partial charge in [0.1, 0.15) is 0 Å². The van der Waals surface area contributed by atoms with E-state index in [-0.39, 0.29) is 0 Å². The van der Waals surface area contributed by atoms with Crippen molar-refractivity contribution >= 4 is 11.3 Å². The zero-order valence-electron chi connectivity index (χ0n) is 12.1. The zero-order chi connectivity index (χ0) is 13.8. The molecule has 1 aromatic carbocycles. The number of rotatable bonds is 7. The number of nitrogens with one attached hydrogen (secondary N) is 1. The largest absolute Gasteiger partial charge is 0.316 e. The Morgan fingerprint density at radius 2 is 2.00 bits per heavy atom. The molecular weight excluding hydrogens is 264 g/mol. The quantitative estimate of drug-likeness (QED) is 0.770. The molecule has 20 heavy (non-hydrogen) atoms. The van der Waals surface area contributed by atoms with Gasteiger partial charge >= 0.3 is 0 Å². The maximum absolute atomic E-state index is 4.93. The third kappa shape index (κ3) is 3.28. The van der Waals surface area contributed by atoms with Crippen molar-refractivity contribution in [1.82, 2.24) is 10.3 Å². The molecule has 1 aliphatic rings. The van der Waals surface area contributed by atoms with Crippen molar-refractivity contribution in [3.8, 4) is 11.3 Å². The standard InChI is InChI=1S/C17H22N2S/c1-2-11-18-12-10-15-16(13-6-4-3-5-7-13)19-17(20-15)14-8-9-14/h3-7,14,18H,2,8-12H2,1H3. The SMILES string of the molecule is CCCNCCc1sc(C2CC2)nc1-c1ccccc1. The molecule has 2 aromatic rings. The number of nitrogens with zero attached hydrogens (tertiary/aromatic N) is 1. The fourth-order valence-electron chi connectivity index (χ4n) is 2.37. The summed E-state index contributed by atoms with van der Waals surface area (Å²) in [6, 6.07) is 10.6. The molecule has 1 heterocycles. The first-order valence-electron chi connectivity index (χ1n) is 7.64. The maximum atomic E-state index is 4.93. The van der Waals surface area contributed by atoms with Gasteiger partial charge in [0, 0.05) is 22.9 Å². The summed E-state index contributed by atoms with van der Waals surface area (Å²) in [7, 11) is 0. The van der Waals surface area contributed by atoms with Crippen molar-refractivity contribution in [1.29, 1.82) is 0 Å². The van der Waals surface area contributed by atoms with Crippen molar-refractivity contribution in [3.63, 3.8) is 0 Å². The number of benzene rings is 1. The second-order valence-electron chi connectivity index (χ2n) is 5.46. The summed E-state index contributed by atoms with van der Waals surface area (Å²) in [5.41, 5.74) is 2.48. The van der Waals surface area contributed by atoms with Crippen molar-refractivity contribution in [2.75, 3.05) is 13.1 Å². The Bertz CT molecular complexity index is 543. The van der Waals surface area contributed by atoms with Crippen LogP contribution in [-0.4, -0.2) is 18.1 Å². The van der Waals surface area contributed by atoms with E-state index in [9.17, 15) is 0 Å². The summed E-state index contributed by atoms with van der Waals surface area (Å²) < 4.78 is 0. The van der Waals surface area contributed by atoms with Gasteiger partial charge in [-0.25, -0.2) is 4.98 Å². The van der Waals surface area contributed by atoms with E-state index in [1.165, 1.54) is 40.4 Å². The normalized spacial score (nSPS) is 14.7. The lowest BCUT2D eigenvalue weighted by Gasteiger charge is -2.04. The van der Waals surface area contributed by atoms with Crippen molar-refractivity contribution in [2.45, 2.75) is 38.5 Å². The maximum Gasteiger partial charge on any atom is 0.0966 e. The van der Waals surface area contributed by atoms with Crippen LogP contribution >= 0.6 is 11.3 Å². The molecule has 106 valence electrons. The topological polar surface area (TPSA) is 24.9 Å². The highest BCUT2D eigenvalue weighted by Gasteiger charge is 2.28. The number of hydrogen-bond acceptors (Lipinski definition) is 3. The van der Waals surface area contributed by atoms with Crippen LogP contribution in [-0.2, 0) is 6.42 Å². The van der Waals surface area contributed by atoms with Crippen LogP contribution in [0.1, 0.15) is 42.0 Å². The van der Waals surface area contributed by atoms with E-state index in [0.29, 0.717) is 0 Å². The van der Waals surface area contributed by atoms with Gasteiger partial charge in [-0.15, -0.1) is 11.3 Å². The van der Waals surface area contributed by atoms with Gasteiger partial charge in [-0.05, 0) is 32.2 Å². The van der Waals surface area contributed by atoms with Gasteiger partial charge in [0.15, 0.2) is 0 Å². The van der Waals surface area contributed by atoms with Gasteiger partial charge < -0.3 is 5.32 Å². The highest BCUT2D eigenvalue weighted by atomic mass is 32.1. The van der Waals surface area contributed by atoms with E-state index in [2.05, 4.69) is 42.6 Å². The summed E-state index contributed by atoms with van der Waals surface area (Å²) in [5.74, 6) is 0.750. The summed E-state index contributed by atoms with van der Waals surface area (Å²) in [6.45, 7) is 4.37. The summed E-state index contributed by atoms with van der Waals surface area (Å²) in [5, 5.41) is 4.85. The molecule has 0 aliphatic heterocycles. The van der Waals surface area contributed by atoms with Gasteiger partial charge in [0.2, 0.25) is 0 Å². The summed E-state index contributed by atoms with van der Waals surface area (Å²) in [6.07, 6.45) is 4.95. The molecule has 1 saturated carbocycles. The van der Waals surface area contributed by atoms with Crippen LogP contribution in [0.3, 0.4) is 0 Å². The number of thiazole rings is 1. The molecule has 1 N–H and O–H groups in total. The molecule has 0 saturated heterocycles. The Balaban J connectivity index is 1.79. The van der Waals surface area contributed by atoms with Gasteiger partial charge in [-0.2, -0.15) is 0 Å². The molecule has 1 fully saturated rings. The van der Waals surface area contributed by atoms with E-state index >= 15 is 0 Å². The smallest absolute Gasteiger partial charge is 0.0966 e. The average molecular weight is 286 g/mol. The second-order valence-corrected chi connectivity index (χ2v) is 6.58. The first-order chi connectivity index (χ1) is 9.88. The fourth-order valence-corrected chi connectivity index (χ4v) is 3.63. The minimum Gasteiger partial charge on any atom is -0.316 e. The minimum atomic E-state index is 0.750. The summed E-state index contributed by atoms with van der Waals surface area (Å²) >= 11 is 1.93. The van der Waals surface area contributed by atoms with Crippen molar-refractivity contribution < 1.29 is 0 Å². The van der Waals surface area contributed by atoms with E-state index in [1.54, 1.807) is 0 Å². The first-order valence-corrected chi connectivity index (χ1v) is 8.46. The lowest BCUT2D eigenvalue weighted by Crippen LogP contribution is -2.17. The van der Waals surface area contributed by atoms with Crippen LogP contribution in [0.15, 0.2) is 30.3 Å². The molecule has 1 aromatic heterocycles. The van der Waals surface area contributed by atoms with Crippen LogP contribution in [0.25, 0.3) is 11.3 Å². The highest BCUT2D eigenvalue weighted by Crippen LogP contribution is 2.44. The molecule has 3 rings (SSSR count). The molecule has 0 spiro atoms. The molecule has 3 heteroatoms. The van der Waals surface area contributed by atoms with E-state index in [1.807, 2.05) is 11.3 Å². The highest BCUT2D eigenvalue weighted by molar-refractivity contribution is 7.12. The average Bonchev–Trinajstić information content (AvgIpc) is 3.25. The van der Waals surface area contributed by atoms with Crippen LogP contribution < -0.4 is 5.32 Å². The predicted molar refractivity (Wildman–Crippen MR) is 86.4 cm³/mol. The Morgan fingerprint density at radius 3 is 2.70 bits per heavy atom. The molecule has 0 radical (unpaired) electrons. The van der Waals surface area contributed by atoms with Crippen LogP contribution in [0.4, 0.5) is 0 Å². The lowest BCUT2D eigenvalue weighted by molar-refractivity contribution is 0.674. The van der Waals surface area contributed by atoms with E-state index < -0.39 is 0 Å². The molecule has 2 nitrogen and oxygen atoms in total. The molecule has 0 bridgehead atoms. The van der Waals surface area contributed by atoms with Crippen LogP contribution in [0.2, 0.25) is 0 Å². The fraction of sp³-hybridized carbons (Fsp3) is 0.471.